The van der Waals surface area contributed by atoms with Gasteiger partial charge in [0.25, 0.3) is 0 Å². The van der Waals surface area contributed by atoms with E-state index in [1.165, 1.54) is 36.5 Å². The van der Waals surface area contributed by atoms with Crippen LogP contribution in [0.25, 0.3) is 18.2 Å². The maximum atomic E-state index is 13.5. The summed E-state index contributed by atoms with van der Waals surface area (Å²) in [5, 5.41) is 17.5. The molecule has 2 rings (SSSR count). The van der Waals surface area contributed by atoms with Crippen LogP contribution in [0.15, 0.2) is 29.8 Å². The highest BCUT2D eigenvalue weighted by atomic mass is 32.1. The van der Waals surface area contributed by atoms with Gasteiger partial charge in [0.1, 0.15) is 23.3 Å². The molecular weight excluding hydrogens is 320 g/mol. The Morgan fingerprint density at radius 1 is 1.22 bits per heavy atom. The Hall–Kier alpha value is -2.78. The maximum absolute atomic E-state index is 13.5. The van der Waals surface area contributed by atoms with Gasteiger partial charge in [-0.15, -0.1) is 11.3 Å². The summed E-state index contributed by atoms with van der Waals surface area (Å²) in [4.78, 5) is 12.1. The van der Waals surface area contributed by atoms with Gasteiger partial charge in [-0.1, -0.05) is 6.08 Å². The van der Waals surface area contributed by atoms with Crippen molar-refractivity contribution in [1.82, 2.24) is 0 Å². The molecule has 0 radical (unpaired) electrons. The van der Waals surface area contributed by atoms with Crippen molar-refractivity contribution >= 4 is 35.5 Å². The summed E-state index contributed by atoms with van der Waals surface area (Å²) in [5.74, 6) is -2.51. The van der Waals surface area contributed by atoms with Crippen molar-refractivity contribution in [2.24, 2.45) is 0 Å². The first-order valence-corrected chi connectivity index (χ1v) is 7.31. The second-order valence-electron chi connectivity index (χ2n) is 4.66. The van der Waals surface area contributed by atoms with Crippen LogP contribution in [0.2, 0.25) is 0 Å². The van der Waals surface area contributed by atoms with Crippen LogP contribution in [0.1, 0.15) is 20.9 Å². The van der Waals surface area contributed by atoms with E-state index in [1.807, 2.05) is 0 Å². The average Bonchev–Trinajstić information content (AvgIpc) is 2.95. The quantitative estimate of drug-likeness (QED) is 0.663. The Bertz CT molecular complexity index is 837. The molecule has 1 N–H and O–H groups in total. The zero-order valence-corrected chi connectivity index (χ0v) is 12.8. The lowest BCUT2D eigenvalue weighted by molar-refractivity contribution is -0.132. The fraction of sp³-hybridized carbons (Fsp3) is 0.0588. The summed E-state index contributed by atoms with van der Waals surface area (Å²) in [5.41, 5.74) is 0.00722. The fourth-order valence-corrected chi connectivity index (χ4v) is 2.62. The molecule has 1 heterocycles. The van der Waals surface area contributed by atoms with Crippen LogP contribution in [0.4, 0.5) is 8.78 Å². The minimum absolute atomic E-state index is 0.0246. The first kappa shape index (κ1) is 16.6. The van der Waals surface area contributed by atoms with Crippen LogP contribution in [-0.2, 0) is 4.79 Å². The Labute approximate surface area is 135 Å². The number of thiophene rings is 1. The molecule has 0 atom stereocenters. The predicted molar refractivity (Wildman–Crippen MR) is 85.6 cm³/mol. The van der Waals surface area contributed by atoms with E-state index in [2.05, 4.69) is 0 Å². The third-order valence-electron chi connectivity index (χ3n) is 3.03. The number of aliphatic carboxylic acids is 1. The van der Waals surface area contributed by atoms with E-state index < -0.39 is 17.6 Å². The molecule has 0 aliphatic heterocycles. The van der Waals surface area contributed by atoms with Crippen molar-refractivity contribution in [2.45, 2.75) is 6.92 Å². The highest BCUT2D eigenvalue weighted by molar-refractivity contribution is 7.13. The van der Waals surface area contributed by atoms with Crippen molar-refractivity contribution in [2.75, 3.05) is 0 Å². The number of carbonyl (C=O) groups is 1. The SMILES string of the molecule is Cc1c(F)cc(/C=C/c2ccc(/C=C(\C#N)C(=O)O)s2)cc1F. The van der Waals surface area contributed by atoms with Crippen molar-refractivity contribution in [3.63, 3.8) is 0 Å². The van der Waals surface area contributed by atoms with Crippen LogP contribution in [-0.4, -0.2) is 11.1 Å². The molecule has 6 heteroatoms. The fourth-order valence-electron chi connectivity index (χ4n) is 1.76. The van der Waals surface area contributed by atoms with Gasteiger partial charge in [0.15, 0.2) is 0 Å². The monoisotopic (exact) mass is 331 g/mol. The van der Waals surface area contributed by atoms with E-state index in [0.717, 1.165) is 4.88 Å². The normalized spacial score (nSPS) is 11.7. The number of halogens is 2. The molecule has 1 aromatic heterocycles. The maximum Gasteiger partial charge on any atom is 0.346 e. The lowest BCUT2D eigenvalue weighted by Crippen LogP contribution is -1.96. The van der Waals surface area contributed by atoms with Gasteiger partial charge in [0.2, 0.25) is 0 Å². The highest BCUT2D eigenvalue weighted by Crippen LogP contribution is 2.22. The van der Waals surface area contributed by atoms with E-state index in [1.54, 1.807) is 30.4 Å². The summed E-state index contributed by atoms with van der Waals surface area (Å²) < 4.78 is 26.9. The lowest BCUT2D eigenvalue weighted by atomic mass is 10.1. The van der Waals surface area contributed by atoms with E-state index in [-0.39, 0.29) is 11.1 Å². The molecule has 0 saturated heterocycles. The zero-order chi connectivity index (χ0) is 17.0. The number of rotatable bonds is 4. The molecule has 0 unspecified atom stereocenters. The third kappa shape index (κ3) is 4.11. The topological polar surface area (TPSA) is 61.1 Å². The first-order valence-electron chi connectivity index (χ1n) is 6.49. The number of carboxylic acids is 1. The second kappa shape index (κ2) is 6.99. The van der Waals surface area contributed by atoms with Crippen molar-refractivity contribution in [1.29, 1.82) is 5.26 Å². The molecule has 0 saturated carbocycles. The summed E-state index contributed by atoms with van der Waals surface area (Å²) in [6.07, 6.45) is 4.50. The first-order chi connectivity index (χ1) is 10.9. The average molecular weight is 331 g/mol. The zero-order valence-electron chi connectivity index (χ0n) is 12.0. The summed E-state index contributed by atoms with van der Waals surface area (Å²) in [6.45, 7) is 1.37. The molecule has 2 aromatic rings. The van der Waals surface area contributed by atoms with Crippen LogP contribution >= 0.6 is 11.3 Å². The third-order valence-corrected chi connectivity index (χ3v) is 4.03. The largest absolute Gasteiger partial charge is 0.477 e. The van der Waals surface area contributed by atoms with Crippen LogP contribution in [0.3, 0.4) is 0 Å². The Morgan fingerprint density at radius 3 is 2.39 bits per heavy atom. The molecule has 0 aliphatic carbocycles. The molecule has 0 aliphatic rings. The van der Waals surface area contributed by atoms with E-state index >= 15 is 0 Å². The van der Waals surface area contributed by atoms with Gasteiger partial charge in [-0.05, 0) is 48.9 Å². The highest BCUT2D eigenvalue weighted by Gasteiger charge is 2.07. The van der Waals surface area contributed by atoms with Crippen molar-refractivity contribution < 1.29 is 18.7 Å². The van der Waals surface area contributed by atoms with E-state index in [0.29, 0.717) is 10.4 Å². The molecule has 1 aromatic carbocycles. The summed E-state index contributed by atoms with van der Waals surface area (Å²) >= 11 is 1.26. The molecule has 0 fully saturated rings. The summed E-state index contributed by atoms with van der Waals surface area (Å²) in [7, 11) is 0. The van der Waals surface area contributed by atoms with E-state index in [9.17, 15) is 13.6 Å². The second-order valence-corrected chi connectivity index (χ2v) is 5.80. The van der Waals surface area contributed by atoms with Crippen LogP contribution in [0.5, 0.6) is 0 Å². The Morgan fingerprint density at radius 2 is 1.83 bits per heavy atom. The Balaban J connectivity index is 2.23. The van der Waals surface area contributed by atoms with Gasteiger partial charge in [0, 0.05) is 15.3 Å². The lowest BCUT2D eigenvalue weighted by Gasteiger charge is -2.00. The molecule has 23 heavy (non-hydrogen) atoms. The molecule has 116 valence electrons. The van der Waals surface area contributed by atoms with Crippen LogP contribution in [0, 0.1) is 29.9 Å². The molecular formula is C17H11F2NO2S. The van der Waals surface area contributed by atoms with Crippen molar-refractivity contribution in [3.05, 3.63) is 62.4 Å². The summed E-state index contributed by atoms with van der Waals surface area (Å²) in [6, 6.07) is 7.47. The number of carboxylic acid groups (broad SMARTS) is 1. The van der Waals surface area contributed by atoms with Gasteiger partial charge in [-0.25, -0.2) is 13.6 Å². The van der Waals surface area contributed by atoms with Gasteiger partial charge >= 0.3 is 5.97 Å². The van der Waals surface area contributed by atoms with Gasteiger partial charge in [-0.3, -0.25) is 0 Å². The Kier molecular flexibility index (Phi) is 5.04. The number of hydrogen-bond acceptors (Lipinski definition) is 3. The minimum Gasteiger partial charge on any atom is -0.477 e. The number of benzene rings is 1. The number of nitriles is 1. The van der Waals surface area contributed by atoms with E-state index in [4.69, 9.17) is 10.4 Å². The predicted octanol–water partition coefficient (Wildman–Crippen LogP) is 4.50. The number of hydrogen-bond donors (Lipinski definition) is 1. The van der Waals surface area contributed by atoms with Crippen molar-refractivity contribution in [3.8, 4) is 6.07 Å². The van der Waals surface area contributed by atoms with Gasteiger partial charge < -0.3 is 5.11 Å². The van der Waals surface area contributed by atoms with Gasteiger partial charge in [-0.2, -0.15) is 5.26 Å². The molecule has 3 nitrogen and oxygen atoms in total. The standard InChI is InChI=1S/C17H11F2NO2S/c1-10-15(18)6-11(7-16(10)19)2-3-13-4-5-14(23-13)8-12(9-20)17(21)22/h2-8H,1H3,(H,21,22)/b3-2+,12-8+. The number of nitrogens with zero attached hydrogens (tertiary/aromatic N) is 1. The smallest absolute Gasteiger partial charge is 0.346 e. The minimum atomic E-state index is -1.29. The molecule has 0 amide bonds. The van der Waals surface area contributed by atoms with Gasteiger partial charge in [0.05, 0.1) is 0 Å². The molecule has 0 bridgehead atoms. The van der Waals surface area contributed by atoms with Crippen LogP contribution < -0.4 is 0 Å². The molecule has 0 spiro atoms.